The van der Waals surface area contributed by atoms with E-state index in [9.17, 15) is 43.2 Å². The first-order valence-electron chi connectivity index (χ1n) is 39.8. The minimum absolute atomic E-state index is 0.0753. The van der Waals surface area contributed by atoms with Gasteiger partial charge in [-0.1, -0.05) is 271 Å². The molecule has 0 saturated carbocycles. The van der Waals surface area contributed by atoms with Gasteiger partial charge in [-0.05, 0) is 148 Å². The zero-order valence-electron chi connectivity index (χ0n) is 64.0. The van der Waals surface area contributed by atoms with Gasteiger partial charge < -0.3 is 33.8 Å². The van der Waals surface area contributed by atoms with Crippen LogP contribution in [0.3, 0.4) is 0 Å². The zero-order valence-corrected chi connectivity index (χ0v) is 65.8. The molecule has 102 heavy (non-hydrogen) atoms. The van der Waals surface area contributed by atoms with Gasteiger partial charge >= 0.3 is 39.5 Å². The quantitative estimate of drug-likeness (QED) is 0.0169. The maximum Gasteiger partial charge on any atom is 0.472 e. The van der Waals surface area contributed by atoms with Crippen LogP contribution in [0.15, 0.2) is 122 Å². The number of rotatable bonds is 74. The lowest BCUT2D eigenvalue weighted by molar-refractivity contribution is -0.161. The molecule has 0 radical (unpaired) electrons. The number of esters is 4. The highest BCUT2D eigenvalue weighted by Crippen LogP contribution is 2.45. The number of ether oxygens (including phenoxy) is 4. The van der Waals surface area contributed by atoms with Crippen molar-refractivity contribution in [3.63, 3.8) is 0 Å². The van der Waals surface area contributed by atoms with Crippen molar-refractivity contribution >= 4 is 39.5 Å². The molecule has 5 unspecified atom stereocenters. The van der Waals surface area contributed by atoms with Crippen molar-refractivity contribution in [2.75, 3.05) is 39.6 Å². The highest BCUT2D eigenvalue weighted by molar-refractivity contribution is 7.47. The van der Waals surface area contributed by atoms with Gasteiger partial charge in [0.1, 0.15) is 19.3 Å². The Kier molecular flexibility index (Phi) is 71.4. The number of carbonyl (C=O) groups is 4. The number of hydrogen-bond donors (Lipinski definition) is 3. The van der Waals surface area contributed by atoms with Crippen LogP contribution in [0.1, 0.15) is 323 Å². The number of unbranched alkanes of at least 4 members (excludes halogenated alkanes) is 28. The summed E-state index contributed by atoms with van der Waals surface area (Å²) in [6, 6.07) is 0. The molecule has 19 heteroatoms. The zero-order chi connectivity index (χ0) is 74.6. The third-order valence-corrected chi connectivity index (χ3v) is 18.3. The Morgan fingerprint density at radius 3 is 0.833 bits per heavy atom. The highest BCUT2D eigenvalue weighted by Gasteiger charge is 2.30. The summed E-state index contributed by atoms with van der Waals surface area (Å²) in [5, 5.41) is 10.6. The maximum absolute atomic E-state index is 13.1. The number of aliphatic hydroxyl groups excluding tert-OH is 1. The first-order valence-corrected chi connectivity index (χ1v) is 42.8. The van der Waals surface area contributed by atoms with Crippen LogP contribution in [0.5, 0.6) is 0 Å². The fourth-order valence-electron chi connectivity index (χ4n) is 10.4. The third-order valence-electron chi connectivity index (χ3n) is 16.4. The van der Waals surface area contributed by atoms with Gasteiger partial charge in [-0.25, -0.2) is 9.13 Å². The van der Waals surface area contributed by atoms with Crippen LogP contribution in [0.2, 0.25) is 0 Å². The molecular formula is C83H142O17P2. The van der Waals surface area contributed by atoms with Crippen molar-refractivity contribution in [3.8, 4) is 0 Å². The maximum atomic E-state index is 13.1. The molecule has 0 aliphatic carbocycles. The largest absolute Gasteiger partial charge is 0.472 e. The average molecular weight is 1470 g/mol. The number of phosphoric ester groups is 2. The normalized spacial score (nSPS) is 14.5. The van der Waals surface area contributed by atoms with E-state index in [1.165, 1.54) is 38.5 Å². The minimum Gasteiger partial charge on any atom is -0.462 e. The molecule has 0 fully saturated rings. The van der Waals surface area contributed by atoms with E-state index < -0.39 is 97.5 Å². The van der Waals surface area contributed by atoms with Crippen LogP contribution in [0.4, 0.5) is 0 Å². The molecule has 0 aliphatic rings. The van der Waals surface area contributed by atoms with Crippen LogP contribution >= 0.6 is 15.6 Å². The molecular weight excluding hydrogens is 1330 g/mol. The Hall–Kier alpha value is -4.54. The first kappa shape index (κ1) is 97.5. The van der Waals surface area contributed by atoms with Crippen LogP contribution < -0.4 is 0 Å². The number of allylic oxidation sites excluding steroid dienone is 20. The fraction of sp³-hybridized carbons (Fsp3) is 0.711. The first-order chi connectivity index (χ1) is 49.7. The molecule has 0 aliphatic heterocycles. The Labute approximate surface area is 619 Å². The van der Waals surface area contributed by atoms with E-state index in [0.29, 0.717) is 25.7 Å². The van der Waals surface area contributed by atoms with Crippen molar-refractivity contribution in [1.82, 2.24) is 0 Å². The summed E-state index contributed by atoms with van der Waals surface area (Å²) < 4.78 is 68.6. The van der Waals surface area contributed by atoms with Gasteiger partial charge in [0.05, 0.1) is 26.4 Å². The van der Waals surface area contributed by atoms with Gasteiger partial charge in [0.25, 0.3) is 0 Å². The second-order valence-corrected chi connectivity index (χ2v) is 29.1. The molecule has 0 saturated heterocycles. The fourth-order valence-corrected chi connectivity index (χ4v) is 12.0. The van der Waals surface area contributed by atoms with Crippen molar-refractivity contribution in [1.29, 1.82) is 0 Å². The monoisotopic (exact) mass is 1470 g/mol. The van der Waals surface area contributed by atoms with Crippen molar-refractivity contribution < 1.29 is 80.2 Å². The van der Waals surface area contributed by atoms with Crippen molar-refractivity contribution in [2.24, 2.45) is 0 Å². The Morgan fingerprint density at radius 2 is 0.529 bits per heavy atom. The third kappa shape index (κ3) is 73.8. The molecule has 0 aromatic rings. The summed E-state index contributed by atoms with van der Waals surface area (Å²) in [6.45, 7) is 4.54. The topological polar surface area (TPSA) is 237 Å². The highest BCUT2D eigenvalue weighted by atomic mass is 31.2. The molecule has 0 rings (SSSR count). The van der Waals surface area contributed by atoms with Gasteiger partial charge in [0.15, 0.2) is 12.2 Å². The van der Waals surface area contributed by atoms with E-state index in [-0.39, 0.29) is 25.7 Å². The second-order valence-electron chi connectivity index (χ2n) is 26.2. The van der Waals surface area contributed by atoms with Crippen molar-refractivity contribution in [2.45, 2.75) is 341 Å². The van der Waals surface area contributed by atoms with Gasteiger partial charge in [0, 0.05) is 25.7 Å². The molecule has 586 valence electrons. The van der Waals surface area contributed by atoms with E-state index in [2.05, 4.69) is 149 Å². The summed E-state index contributed by atoms with van der Waals surface area (Å²) in [5.74, 6) is -2.23. The molecule has 0 bridgehead atoms. The minimum atomic E-state index is -4.99. The molecule has 0 spiro atoms. The Balaban J connectivity index is 5.39. The number of carbonyl (C=O) groups excluding carboxylic acids is 4. The summed E-state index contributed by atoms with van der Waals surface area (Å²) in [6.07, 6.45) is 81.7. The SMILES string of the molecule is CC/C=C\C/C=C\C/C=C\C/C=C\CCCCCCC(=O)OCC(COP(=O)(O)OCC(O)COP(=O)(O)OCC(COC(=O)CCCCCCC/C=C\CCCCCCCC)OC(=O)CCCCCCC/C=C\C/C=C\CCC)OC(=O)CCCCCCCCC/C=C\C/C=C\C/C=C\CC. The average Bonchev–Trinajstić information content (AvgIpc) is 0.959. The lowest BCUT2D eigenvalue weighted by atomic mass is 10.1. The predicted octanol–water partition coefficient (Wildman–Crippen LogP) is 23.1. The number of phosphoric acid groups is 2. The second kappa shape index (κ2) is 74.7. The van der Waals surface area contributed by atoms with Crippen LogP contribution in [-0.2, 0) is 65.4 Å². The summed E-state index contributed by atoms with van der Waals surface area (Å²) in [5.41, 5.74) is 0. The van der Waals surface area contributed by atoms with E-state index >= 15 is 0 Å². The molecule has 5 atom stereocenters. The summed E-state index contributed by atoms with van der Waals surface area (Å²) in [7, 11) is -9.97. The van der Waals surface area contributed by atoms with E-state index in [0.717, 1.165) is 205 Å². The standard InChI is InChI=1S/C83H142O17P2/c1-5-9-13-17-21-25-29-33-36-38-41-45-48-52-56-60-64-68-81(86)94-74-79(100-83(88)70-66-62-58-54-50-46-42-39-37-34-30-26-22-18-14-10-6-2)76-98-102(91,92)96-72-77(84)71-95-101(89,90)97-75-78(99-82(87)69-65-61-57-53-49-43-32-28-24-20-16-12-8-4)73-93-80(85)67-63-59-55-51-47-44-40-35-31-27-23-19-15-11-7-3/h9-10,13-14,16,20-22,25-26,28,32-37,40-41,45,77-79,84H,5-8,11-12,15,17-19,23-24,27,29-31,38-39,42-44,46-76H2,1-4H3,(H,89,90)(H,91,92)/b13-9-,14-10-,20-16-,25-21-,26-22-,32-28-,36-33-,37-34-,40-35-,45-41-. The molecule has 17 nitrogen and oxygen atoms in total. The van der Waals surface area contributed by atoms with Crippen LogP contribution in [0.25, 0.3) is 0 Å². The molecule has 0 heterocycles. The Bertz CT molecular complexity index is 2410. The van der Waals surface area contributed by atoms with Gasteiger partial charge in [-0.15, -0.1) is 0 Å². The molecule has 3 N–H and O–H groups in total. The number of aliphatic hydroxyl groups is 1. The van der Waals surface area contributed by atoms with Gasteiger partial charge in [-0.3, -0.25) is 37.3 Å². The lowest BCUT2D eigenvalue weighted by Gasteiger charge is -2.21. The Morgan fingerprint density at radius 1 is 0.284 bits per heavy atom. The molecule has 0 aromatic carbocycles. The van der Waals surface area contributed by atoms with Gasteiger partial charge in [-0.2, -0.15) is 0 Å². The van der Waals surface area contributed by atoms with E-state index in [1.807, 2.05) is 0 Å². The lowest BCUT2D eigenvalue weighted by Crippen LogP contribution is -2.30. The van der Waals surface area contributed by atoms with Crippen LogP contribution in [0, 0.1) is 0 Å². The van der Waals surface area contributed by atoms with Gasteiger partial charge in [0.2, 0.25) is 0 Å². The molecule has 0 aromatic heterocycles. The predicted molar refractivity (Wildman–Crippen MR) is 418 cm³/mol. The summed E-state index contributed by atoms with van der Waals surface area (Å²) in [4.78, 5) is 73.0. The van der Waals surface area contributed by atoms with Crippen LogP contribution in [-0.4, -0.2) is 96.7 Å². The molecule has 0 amide bonds. The number of hydrogen-bond acceptors (Lipinski definition) is 15. The van der Waals surface area contributed by atoms with E-state index in [1.54, 1.807) is 0 Å². The summed E-state index contributed by atoms with van der Waals surface area (Å²) >= 11 is 0. The smallest absolute Gasteiger partial charge is 0.462 e. The van der Waals surface area contributed by atoms with E-state index in [4.69, 9.17) is 37.0 Å². The van der Waals surface area contributed by atoms with Crippen molar-refractivity contribution in [3.05, 3.63) is 122 Å².